The van der Waals surface area contributed by atoms with Crippen LogP contribution in [0, 0.1) is 0 Å². The number of fused-ring (bicyclic) bond motifs is 1. The van der Waals surface area contributed by atoms with Gasteiger partial charge >= 0.3 is 0 Å². The minimum atomic E-state index is 0.458. The van der Waals surface area contributed by atoms with E-state index in [1.807, 2.05) is 38.5 Å². The lowest BCUT2D eigenvalue weighted by molar-refractivity contribution is 0.502. The van der Waals surface area contributed by atoms with Gasteiger partial charge in [-0.15, -0.1) is 0 Å². The third-order valence-electron chi connectivity index (χ3n) is 4.55. The summed E-state index contributed by atoms with van der Waals surface area (Å²) in [6.45, 7) is 12.7. The van der Waals surface area contributed by atoms with Gasteiger partial charge in [0.05, 0.1) is 17.6 Å². The van der Waals surface area contributed by atoms with Crippen LogP contribution in [0.15, 0.2) is 49.4 Å². The number of hydrogen-bond acceptors (Lipinski definition) is 3. The van der Waals surface area contributed by atoms with Crippen LogP contribution in [0.3, 0.4) is 0 Å². The van der Waals surface area contributed by atoms with Gasteiger partial charge in [0.15, 0.2) is 0 Å². The molecule has 0 saturated heterocycles. The SMILES string of the molecule is C=C(NC(CCC)CCC)c1[nH]ncc1-c1ccc2ccncc2c1.CC. The molecule has 0 aliphatic rings. The zero-order valence-electron chi connectivity index (χ0n) is 17.0. The Balaban J connectivity index is 0.00000126. The molecule has 2 heterocycles. The molecule has 2 N–H and O–H groups in total. The van der Waals surface area contributed by atoms with Crippen LogP contribution in [0.2, 0.25) is 0 Å². The summed E-state index contributed by atoms with van der Waals surface area (Å²) in [5.41, 5.74) is 4.05. The summed E-state index contributed by atoms with van der Waals surface area (Å²) < 4.78 is 0. The molecular formula is C23H32N4. The average molecular weight is 365 g/mol. The Bertz CT molecular complexity index is 844. The molecule has 0 unspecified atom stereocenters. The lowest BCUT2D eigenvalue weighted by Crippen LogP contribution is -2.27. The van der Waals surface area contributed by atoms with Crippen molar-refractivity contribution in [2.75, 3.05) is 0 Å². The van der Waals surface area contributed by atoms with Crippen LogP contribution in [-0.2, 0) is 0 Å². The molecule has 0 aliphatic heterocycles. The maximum absolute atomic E-state index is 4.26. The van der Waals surface area contributed by atoms with Crippen LogP contribution in [0.25, 0.3) is 27.6 Å². The van der Waals surface area contributed by atoms with Crippen molar-refractivity contribution in [2.24, 2.45) is 0 Å². The van der Waals surface area contributed by atoms with Crippen LogP contribution < -0.4 is 5.32 Å². The monoisotopic (exact) mass is 364 g/mol. The smallest absolute Gasteiger partial charge is 0.0881 e. The second-order valence-electron chi connectivity index (χ2n) is 6.49. The van der Waals surface area contributed by atoms with E-state index < -0.39 is 0 Å². The number of H-pyrrole nitrogens is 1. The Hall–Kier alpha value is -2.62. The van der Waals surface area contributed by atoms with Gasteiger partial charge in [0.25, 0.3) is 0 Å². The molecule has 4 heteroatoms. The number of aromatic nitrogens is 3. The summed E-state index contributed by atoms with van der Waals surface area (Å²) in [5.74, 6) is 0. The van der Waals surface area contributed by atoms with E-state index in [4.69, 9.17) is 0 Å². The molecule has 0 saturated carbocycles. The van der Waals surface area contributed by atoms with Gasteiger partial charge in [0, 0.05) is 29.4 Å². The normalized spacial score (nSPS) is 10.6. The lowest BCUT2D eigenvalue weighted by Gasteiger charge is -2.20. The summed E-state index contributed by atoms with van der Waals surface area (Å²) >= 11 is 0. The van der Waals surface area contributed by atoms with Crippen molar-refractivity contribution in [2.45, 2.75) is 59.4 Å². The van der Waals surface area contributed by atoms with E-state index in [1.165, 1.54) is 18.2 Å². The van der Waals surface area contributed by atoms with Gasteiger partial charge in [-0.1, -0.05) is 59.2 Å². The largest absolute Gasteiger partial charge is 0.381 e. The summed E-state index contributed by atoms with van der Waals surface area (Å²) in [5, 5.41) is 13.3. The van der Waals surface area contributed by atoms with Crippen LogP contribution in [-0.4, -0.2) is 21.2 Å². The van der Waals surface area contributed by atoms with Crippen molar-refractivity contribution in [3.8, 4) is 11.1 Å². The van der Waals surface area contributed by atoms with Crippen molar-refractivity contribution in [3.05, 3.63) is 55.1 Å². The number of pyridine rings is 1. The van der Waals surface area contributed by atoms with Gasteiger partial charge in [0.1, 0.15) is 0 Å². The van der Waals surface area contributed by atoms with Gasteiger partial charge in [-0.05, 0) is 35.9 Å². The number of aromatic amines is 1. The van der Waals surface area contributed by atoms with Crippen molar-refractivity contribution < 1.29 is 0 Å². The first-order valence-electron chi connectivity index (χ1n) is 10.1. The topological polar surface area (TPSA) is 53.6 Å². The summed E-state index contributed by atoms with van der Waals surface area (Å²) in [7, 11) is 0. The van der Waals surface area contributed by atoms with Crippen LogP contribution in [0.4, 0.5) is 0 Å². The fraction of sp³-hybridized carbons (Fsp3) is 0.391. The molecule has 3 rings (SSSR count). The Morgan fingerprint density at radius 3 is 2.52 bits per heavy atom. The highest BCUT2D eigenvalue weighted by atomic mass is 15.1. The molecule has 0 radical (unpaired) electrons. The minimum absolute atomic E-state index is 0.458. The third-order valence-corrected chi connectivity index (χ3v) is 4.55. The Kier molecular flexibility index (Phi) is 8.05. The van der Waals surface area contributed by atoms with Crippen LogP contribution >= 0.6 is 0 Å². The number of nitrogens with zero attached hydrogens (tertiary/aromatic N) is 2. The van der Waals surface area contributed by atoms with E-state index >= 15 is 0 Å². The van der Waals surface area contributed by atoms with E-state index in [0.717, 1.165) is 40.7 Å². The summed E-state index contributed by atoms with van der Waals surface area (Å²) in [6.07, 6.45) is 10.2. The van der Waals surface area contributed by atoms with Gasteiger partial charge in [-0.2, -0.15) is 5.10 Å². The van der Waals surface area contributed by atoms with E-state index in [-0.39, 0.29) is 0 Å². The highest BCUT2D eigenvalue weighted by Gasteiger charge is 2.14. The fourth-order valence-corrected chi connectivity index (χ4v) is 3.29. The van der Waals surface area contributed by atoms with Crippen molar-refractivity contribution in [1.82, 2.24) is 20.5 Å². The van der Waals surface area contributed by atoms with Crippen molar-refractivity contribution >= 4 is 16.5 Å². The molecular weight excluding hydrogens is 332 g/mol. The molecule has 2 aromatic heterocycles. The Labute approximate surface area is 163 Å². The highest BCUT2D eigenvalue weighted by molar-refractivity contribution is 5.88. The van der Waals surface area contributed by atoms with Crippen molar-refractivity contribution in [3.63, 3.8) is 0 Å². The van der Waals surface area contributed by atoms with Crippen molar-refractivity contribution in [1.29, 1.82) is 0 Å². The van der Waals surface area contributed by atoms with Crippen LogP contribution in [0.5, 0.6) is 0 Å². The van der Waals surface area contributed by atoms with E-state index in [1.54, 1.807) is 0 Å². The number of benzene rings is 1. The zero-order valence-corrected chi connectivity index (χ0v) is 17.0. The molecule has 0 aliphatic carbocycles. The van der Waals surface area contributed by atoms with Gasteiger partial charge in [-0.3, -0.25) is 10.1 Å². The Morgan fingerprint density at radius 1 is 1.07 bits per heavy atom. The number of nitrogens with one attached hydrogen (secondary N) is 2. The highest BCUT2D eigenvalue weighted by Crippen LogP contribution is 2.28. The first-order valence-corrected chi connectivity index (χ1v) is 10.1. The molecule has 4 nitrogen and oxygen atoms in total. The van der Waals surface area contributed by atoms with E-state index in [2.05, 4.69) is 59.1 Å². The molecule has 0 atom stereocenters. The van der Waals surface area contributed by atoms with E-state index in [0.29, 0.717) is 6.04 Å². The molecule has 0 spiro atoms. The average Bonchev–Trinajstić information content (AvgIpc) is 3.19. The predicted octanol–water partition coefficient (Wildman–Crippen LogP) is 6.18. The first-order chi connectivity index (χ1) is 13.2. The summed E-state index contributed by atoms with van der Waals surface area (Å²) in [4.78, 5) is 4.22. The quantitative estimate of drug-likeness (QED) is 0.502. The first kappa shape index (κ1) is 20.7. The van der Waals surface area contributed by atoms with E-state index in [9.17, 15) is 0 Å². The zero-order chi connectivity index (χ0) is 19.6. The molecule has 144 valence electrons. The molecule has 0 bridgehead atoms. The van der Waals surface area contributed by atoms with Gasteiger partial charge < -0.3 is 5.32 Å². The summed E-state index contributed by atoms with van der Waals surface area (Å²) in [6, 6.07) is 8.88. The predicted molar refractivity (Wildman–Crippen MR) is 116 cm³/mol. The fourth-order valence-electron chi connectivity index (χ4n) is 3.29. The maximum atomic E-state index is 4.26. The van der Waals surface area contributed by atoms with Gasteiger partial charge in [0.2, 0.25) is 0 Å². The molecule has 1 aromatic carbocycles. The lowest BCUT2D eigenvalue weighted by atomic mass is 10.0. The second-order valence-corrected chi connectivity index (χ2v) is 6.49. The standard InChI is InChI=1S/C21H26N4.C2H6/c1-4-6-19(7-5-2)24-15(3)21-20(14-23-25-21)17-9-8-16-10-11-22-13-18(16)12-17;1-2/h8-14,19,24H,3-7H2,1-2H3,(H,23,25);1-2H3. The van der Waals surface area contributed by atoms with Crippen LogP contribution in [0.1, 0.15) is 59.1 Å². The third kappa shape index (κ3) is 5.19. The Morgan fingerprint density at radius 2 is 1.81 bits per heavy atom. The number of rotatable bonds is 8. The number of hydrogen-bond donors (Lipinski definition) is 2. The molecule has 27 heavy (non-hydrogen) atoms. The minimum Gasteiger partial charge on any atom is -0.381 e. The molecule has 0 amide bonds. The second kappa shape index (κ2) is 10.5. The molecule has 3 aromatic rings. The van der Waals surface area contributed by atoms with Gasteiger partial charge in [-0.25, -0.2) is 0 Å². The molecule has 0 fully saturated rings. The maximum Gasteiger partial charge on any atom is 0.0881 e.